The van der Waals surface area contributed by atoms with Crippen molar-refractivity contribution in [2.75, 3.05) is 16.9 Å². The zero-order chi connectivity index (χ0) is 14.5. The van der Waals surface area contributed by atoms with Gasteiger partial charge in [0.15, 0.2) is 0 Å². The first-order valence-electron chi connectivity index (χ1n) is 7.05. The third kappa shape index (κ3) is 3.16. The molecule has 7 heteroatoms. The summed E-state index contributed by atoms with van der Waals surface area (Å²) in [6.07, 6.45) is 5.91. The summed E-state index contributed by atoms with van der Waals surface area (Å²) in [4.78, 5) is 17.1. The molecule has 20 heavy (non-hydrogen) atoms. The molecular weight excluding hydrogens is 258 g/mol. The summed E-state index contributed by atoms with van der Waals surface area (Å²) >= 11 is 0. The molecule has 1 aliphatic carbocycles. The number of nitro groups is 1. The number of hydrogen-bond acceptors (Lipinski definition) is 6. The Balaban J connectivity index is 2.32. The minimum atomic E-state index is -0.416. The number of nitrogens with zero attached hydrogens (tertiary/aromatic N) is 3. The molecule has 0 aliphatic heterocycles. The Morgan fingerprint density at radius 1 is 1.45 bits per heavy atom. The van der Waals surface area contributed by atoms with Crippen LogP contribution in [0.25, 0.3) is 0 Å². The summed E-state index contributed by atoms with van der Waals surface area (Å²) in [5.74, 6) is 6.30. The van der Waals surface area contributed by atoms with Crippen molar-refractivity contribution in [2.24, 2.45) is 5.84 Å². The van der Waals surface area contributed by atoms with Crippen molar-refractivity contribution in [3.05, 3.63) is 22.2 Å². The van der Waals surface area contributed by atoms with E-state index < -0.39 is 4.92 Å². The number of nitrogen functional groups attached to an aromatic ring is 1. The highest BCUT2D eigenvalue weighted by molar-refractivity contribution is 5.56. The number of rotatable bonds is 5. The Hall–Kier alpha value is -1.89. The van der Waals surface area contributed by atoms with Crippen molar-refractivity contribution in [3.8, 4) is 0 Å². The zero-order valence-electron chi connectivity index (χ0n) is 11.7. The number of pyridine rings is 1. The van der Waals surface area contributed by atoms with E-state index in [1.165, 1.54) is 31.4 Å². The van der Waals surface area contributed by atoms with Gasteiger partial charge in [0, 0.05) is 12.6 Å². The molecule has 1 aromatic rings. The van der Waals surface area contributed by atoms with Gasteiger partial charge in [-0.15, -0.1) is 0 Å². The van der Waals surface area contributed by atoms with Gasteiger partial charge in [-0.25, -0.2) is 10.8 Å². The van der Waals surface area contributed by atoms with E-state index in [9.17, 15) is 10.1 Å². The smallest absolute Gasteiger partial charge is 0.276 e. The van der Waals surface area contributed by atoms with Crippen LogP contribution in [0.2, 0.25) is 0 Å². The van der Waals surface area contributed by atoms with Crippen LogP contribution in [0.4, 0.5) is 17.3 Å². The van der Waals surface area contributed by atoms with Gasteiger partial charge in [0.2, 0.25) is 0 Å². The Morgan fingerprint density at radius 2 is 2.15 bits per heavy atom. The predicted molar refractivity (Wildman–Crippen MR) is 78.6 cm³/mol. The average molecular weight is 279 g/mol. The summed E-state index contributed by atoms with van der Waals surface area (Å²) in [5, 5.41) is 11.0. The molecule has 0 radical (unpaired) electrons. The van der Waals surface area contributed by atoms with Crippen molar-refractivity contribution in [1.82, 2.24) is 4.98 Å². The van der Waals surface area contributed by atoms with Crippen LogP contribution < -0.4 is 16.2 Å². The van der Waals surface area contributed by atoms with Crippen molar-refractivity contribution in [2.45, 2.75) is 45.1 Å². The van der Waals surface area contributed by atoms with Crippen LogP contribution >= 0.6 is 0 Å². The van der Waals surface area contributed by atoms with Crippen LogP contribution in [-0.4, -0.2) is 22.5 Å². The monoisotopic (exact) mass is 279 g/mol. The summed E-state index contributed by atoms with van der Waals surface area (Å²) < 4.78 is 0. The lowest BCUT2D eigenvalue weighted by Crippen LogP contribution is -2.37. The maximum absolute atomic E-state index is 11.0. The van der Waals surface area contributed by atoms with E-state index in [1.54, 1.807) is 0 Å². The van der Waals surface area contributed by atoms with Gasteiger partial charge in [-0.05, 0) is 19.8 Å². The number of nitrogens with one attached hydrogen (secondary N) is 1. The molecule has 1 aromatic heterocycles. The SMILES string of the molecule is CCN(c1cc([N+](=O)[O-])cc(NN)n1)C1CCCCC1. The first kappa shape index (κ1) is 14.5. The van der Waals surface area contributed by atoms with Crippen LogP contribution in [-0.2, 0) is 0 Å². The van der Waals surface area contributed by atoms with Crippen LogP contribution in [0.5, 0.6) is 0 Å². The maximum Gasteiger partial charge on any atom is 0.276 e. The second-order valence-corrected chi connectivity index (χ2v) is 5.05. The molecule has 110 valence electrons. The highest BCUT2D eigenvalue weighted by Crippen LogP contribution is 2.29. The van der Waals surface area contributed by atoms with Crippen LogP contribution in [0.1, 0.15) is 39.0 Å². The van der Waals surface area contributed by atoms with Gasteiger partial charge in [0.1, 0.15) is 11.6 Å². The Morgan fingerprint density at radius 3 is 2.70 bits per heavy atom. The minimum Gasteiger partial charge on any atom is -0.354 e. The van der Waals surface area contributed by atoms with Crippen LogP contribution in [0.3, 0.4) is 0 Å². The Kier molecular flexibility index (Phi) is 4.73. The molecule has 1 saturated carbocycles. The summed E-state index contributed by atoms with van der Waals surface area (Å²) in [6.45, 7) is 2.83. The fraction of sp³-hybridized carbons (Fsp3) is 0.615. The number of aromatic nitrogens is 1. The van der Waals surface area contributed by atoms with Crippen LogP contribution in [0, 0.1) is 10.1 Å². The first-order chi connectivity index (χ1) is 9.65. The topological polar surface area (TPSA) is 97.3 Å². The van der Waals surface area contributed by atoms with Gasteiger partial charge in [-0.1, -0.05) is 19.3 Å². The van der Waals surface area contributed by atoms with Gasteiger partial charge in [-0.3, -0.25) is 10.1 Å². The molecule has 0 saturated heterocycles. The fourth-order valence-electron chi connectivity index (χ4n) is 2.83. The quantitative estimate of drug-likeness (QED) is 0.488. The van der Waals surface area contributed by atoms with Crippen molar-refractivity contribution < 1.29 is 4.92 Å². The van der Waals surface area contributed by atoms with Gasteiger partial charge in [0.05, 0.1) is 17.1 Å². The third-order valence-corrected chi connectivity index (χ3v) is 3.81. The average Bonchev–Trinajstić information content (AvgIpc) is 2.48. The highest BCUT2D eigenvalue weighted by Gasteiger charge is 2.23. The van der Waals surface area contributed by atoms with E-state index in [2.05, 4.69) is 15.3 Å². The molecule has 0 spiro atoms. The number of nitrogens with two attached hydrogens (primary N) is 1. The van der Waals surface area contributed by atoms with Crippen molar-refractivity contribution in [1.29, 1.82) is 0 Å². The van der Waals surface area contributed by atoms with E-state index in [0.717, 1.165) is 19.4 Å². The van der Waals surface area contributed by atoms with Gasteiger partial charge < -0.3 is 10.3 Å². The summed E-state index contributed by atoms with van der Waals surface area (Å²) in [6, 6.07) is 3.28. The molecule has 0 amide bonds. The predicted octanol–water partition coefficient (Wildman–Crippen LogP) is 2.43. The minimum absolute atomic E-state index is 0.0113. The van der Waals surface area contributed by atoms with Crippen LogP contribution in [0.15, 0.2) is 12.1 Å². The van der Waals surface area contributed by atoms with E-state index in [4.69, 9.17) is 5.84 Å². The lowest BCUT2D eigenvalue weighted by atomic mass is 9.94. The van der Waals surface area contributed by atoms with Gasteiger partial charge >= 0.3 is 0 Å². The maximum atomic E-state index is 11.0. The van der Waals surface area contributed by atoms with Crippen molar-refractivity contribution >= 4 is 17.3 Å². The van der Waals surface area contributed by atoms with Crippen molar-refractivity contribution in [3.63, 3.8) is 0 Å². The van der Waals surface area contributed by atoms with E-state index in [-0.39, 0.29) is 5.69 Å². The lowest BCUT2D eigenvalue weighted by Gasteiger charge is -2.34. The molecule has 0 atom stereocenters. The second-order valence-electron chi connectivity index (χ2n) is 5.05. The molecular formula is C13H21N5O2. The Labute approximate surface area is 118 Å². The van der Waals surface area contributed by atoms with E-state index in [0.29, 0.717) is 17.7 Å². The second kappa shape index (κ2) is 6.51. The van der Waals surface area contributed by atoms with Gasteiger partial charge in [0.25, 0.3) is 5.69 Å². The molecule has 0 unspecified atom stereocenters. The highest BCUT2D eigenvalue weighted by atomic mass is 16.6. The molecule has 2 rings (SSSR count). The number of anilines is 2. The number of hydrogen-bond donors (Lipinski definition) is 2. The summed E-state index contributed by atoms with van der Waals surface area (Å²) in [5.41, 5.74) is 2.41. The van der Waals surface area contributed by atoms with Gasteiger partial charge in [-0.2, -0.15) is 0 Å². The standard InChI is InChI=1S/C13H21N5O2/c1-2-17(10-6-4-3-5-7-10)13-9-11(18(19)20)8-12(15-13)16-14/h8-10H,2-7,14H2,1H3,(H,15,16). The molecule has 1 aliphatic rings. The van der Waals surface area contributed by atoms with E-state index in [1.807, 2.05) is 6.92 Å². The number of hydrazine groups is 1. The molecule has 3 N–H and O–H groups in total. The lowest BCUT2D eigenvalue weighted by molar-refractivity contribution is -0.384. The van der Waals surface area contributed by atoms with E-state index >= 15 is 0 Å². The Bertz CT molecular complexity index is 474. The molecule has 0 bridgehead atoms. The fourth-order valence-corrected chi connectivity index (χ4v) is 2.83. The third-order valence-electron chi connectivity index (χ3n) is 3.81. The molecule has 7 nitrogen and oxygen atoms in total. The normalized spacial score (nSPS) is 15.9. The molecule has 1 fully saturated rings. The molecule has 0 aromatic carbocycles. The molecule has 1 heterocycles. The summed E-state index contributed by atoms with van der Waals surface area (Å²) in [7, 11) is 0. The zero-order valence-corrected chi connectivity index (χ0v) is 11.7. The first-order valence-corrected chi connectivity index (χ1v) is 7.05. The largest absolute Gasteiger partial charge is 0.354 e.